The van der Waals surface area contributed by atoms with Crippen molar-refractivity contribution in [2.45, 2.75) is 82.4 Å². The van der Waals surface area contributed by atoms with Gasteiger partial charge < -0.3 is 4.74 Å². The van der Waals surface area contributed by atoms with E-state index in [1.165, 1.54) is 0 Å². The molecular weight excluding hydrogens is 282 g/mol. The number of rotatable bonds is 2. The highest BCUT2D eigenvalue weighted by Crippen LogP contribution is 2.77. The third-order valence-corrected chi connectivity index (χ3v) is 7.21. The summed E-state index contributed by atoms with van der Waals surface area (Å²) < 4.78 is 6.59. The fraction of sp³-hybridized carbons (Fsp3) is 0.941. The molecule has 4 rings (SSSR count). The predicted molar refractivity (Wildman–Crippen MR) is 79.7 cm³/mol. The van der Waals surface area contributed by atoms with Crippen molar-refractivity contribution in [1.82, 2.24) is 0 Å². The van der Waals surface area contributed by atoms with Crippen LogP contribution in [0.15, 0.2) is 0 Å². The highest BCUT2D eigenvalue weighted by atomic mass is 17.3. The number of hydrogen-bond donors (Lipinski definition) is 0. The number of hydrogen-bond acceptors (Lipinski definition) is 4. The number of carbonyl (C=O) groups excluding carboxylic acids is 1. The molecule has 0 aromatic rings. The summed E-state index contributed by atoms with van der Waals surface area (Å²) >= 11 is 0. The molecule has 3 atom stereocenters. The van der Waals surface area contributed by atoms with Crippen molar-refractivity contribution < 1.29 is 23.8 Å². The van der Waals surface area contributed by atoms with E-state index in [2.05, 4.69) is 27.7 Å². The van der Waals surface area contributed by atoms with Crippen LogP contribution in [0.5, 0.6) is 0 Å². The second kappa shape index (κ2) is 3.77. The first-order valence-corrected chi connectivity index (χ1v) is 8.38. The Morgan fingerprint density at radius 1 is 1.09 bits per heavy atom. The van der Waals surface area contributed by atoms with Crippen LogP contribution in [0.3, 0.4) is 0 Å². The van der Waals surface area contributed by atoms with Crippen LogP contribution in [0.2, 0.25) is 0 Å². The minimum atomic E-state index is -0.354. The van der Waals surface area contributed by atoms with Crippen molar-refractivity contribution in [3.8, 4) is 0 Å². The first kappa shape index (κ1) is 15.1. The molecule has 3 aliphatic heterocycles. The fourth-order valence-electron chi connectivity index (χ4n) is 6.21. The number of methoxy groups -OCH3 is 1. The highest BCUT2D eigenvalue weighted by Gasteiger charge is 3.01. The third kappa shape index (κ3) is 1.31. The first-order valence-electron chi connectivity index (χ1n) is 8.38. The summed E-state index contributed by atoms with van der Waals surface area (Å²) in [6.45, 7) is 11.9. The molecule has 3 heterocycles. The van der Waals surface area contributed by atoms with Gasteiger partial charge in [-0.25, -0.2) is 4.89 Å². The highest BCUT2D eigenvalue weighted by molar-refractivity contribution is 5.83. The second-order valence-electron chi connectivity index (χ2n) is 9.07. The maximum atomic E-state index is 11.9. The Hall–Kier alpha value is -0.490. The van der Waals surface area contributed by atoms with Crippen LogP contribution < -0.4 is 0 Å². The van der Waals surface area contributed by atoms with Crippen LogP contribution in [-0.4, -0.2) is 52.4 Å². The van der Waals surface area contributed by atoms with E-state index in [1.807, 2.05) is 7.11 Å². The lowest BCUT2D eigenvalue weighted by atomic mass is 9.76. The smallest absolute Gasteiger partial charge is 0.316 e. The Balaban J connectivity index is 1.72. The Labute approximate surface area is 132 Å². The van der Waals surface area contributed by atoms with E-state index in [0.29, 0.717) is 0 Å². The average molecular weight is 310 g/mol. The molecule has 124 valence electrons. The number of fused-ring (bicyclic) bond motifs is 2. The quantitative estimate of drug-likeness (QED) is 0.445. The van der Waals surface area contributed by atoms with Crippen LogP contribution >= 0.6 is 0 Å². The van der Waals surface area contributed by atoms with Gasteiger partial charge in [-0.15, -0.1) is 0 Å². The summed E-state index contributed by atoms with van der Waals surface area (Å²) in [5.41, 5.74) is -0.575. The summed E-state index contributed by atoms with van der Waals surface area (Å²) in [5, 5.41) is 0. The first-order chi connectivity index (χ1) is 10.1. The zero-order chi connectivity index (χ0) is 16.2. The topological polar surface area (TPSA) is 44.8 Å². The summed E-state index contributed by atoms with van der Waals surface area (Å²) in [4.78, 5) is 23.2. The van der Waals surface area contributed by atoms with Crippen molar-refractivity contribution >= 4 is 5.78 Å². The molecule has 0 aromatic carbocycles. The lowest BCUT2D eigenvalue weighted by molar-refractivity contribution is -0.975. The van der Waals surface area contributed by atoms with Gasteiger partial charge in [0.15, 0.2) is 6.54 Å². The Bertz CT molecular complexity index is 539. The van der Waals surface area contributed by atoms with Gasteiger partial charge in [-0.2, -0.15) is 4.89 Å². The molecule has 1 saturated carbocycles. The third-order valence-electron chi connectivity index (χ3n) is 7.21. The van der Waals surface area contributed by atoms with E-state index in [1.54, 1.807) is 6.92 Å². The molecule has 3 spiro atoms. The summed E-state index contributed by atoms with van der Waals surface area (Å²) in [6.07, 6.45) is 3.13. The zero-order valence-electron chi connectivity index (χ0n) is 14.6. The van der Waals surface area contributed by atoms with Crippen LogP contribution in [0.25, 0.3) is 0 Å². The summed E-state index contributed by atoms with van der Waals surface area (Å²) in [6, 6.07) is 0. The lowest BCUT2D eigenvalue weighted by Gasteiger charge is -2.57. The molecule has 0 amide bonds. The summed E-state index contributed by atoms with van der Waals surface area (Å²) in [5.74, 6) is 0.251. The van der Waals surface area contributed by atoms with Crippen molar-refractivity contribution in [3.63, 3.8) is 0 Å². The van der Waals surface area contributed by atoms with E-state index in [-0.39, 0.29) is 40.2 Å². The van der Waals surface area contributed by atoms with Gasteiger partial charge in [0.05, 0.1) is 23.1 Å². The normalized spacial score (nSPS) is 46.7. The van der Waals surface area contributed by atoms with E-state index < -0.39 is 0 Å². The monoisotopic (exact) mass is 310 g/mol. The maximum Gasteiger partial charge on any atom is 0.316 e. The minimum absolute atomic E-state index is 0.0190. The van der Waals surface area contributed by atoms with Crippen molar-refractivity contribution in [2.75, 3.05) is 13.7 Å². The molecule has 3 unspecified atom stereocenters. The van der Waals surface area contributed by atoms with Gasteiger partial charge in [0.1, 0.15) is 5.78 Å². The zero-order valence-corrected chi connectivity index (χ0v) is 14.6. The number of carbonyl (C=O) groups is 1. The SMILES string of the molecule is COC1CC(C)(C)[N+]2(CC23OOC32CC2C(C)=O)C(C)(C)C1. The summed E-state index contributed by atoms with van der Waals surface area (Å²) in [7, 11) is 1.81. The molecule has 1 aliphatic carbocycles. The molecular formula is C17H28NO4+. The maximum absolute atomic E-state index is 11.9. The standard InChI is InChI=1S/C17H28NO4/c1-11(19)13-9-16(13)17(22-21-16)10-18(17)14(2,3)7-12(20-6)8-15(18,4)5/h12-13H,7-10H2,1-6H3/q+1. The molecule has 0 aromatic heterocycles. The molecule has 0 bridgehead atoms. The van der Waals surface area contributed by atoms with Crippen LogP contribution in [0, 0.1) is 5.92 Å². The Morgan fingerprint density at radius 3 is 2.05 bits per heavy atom. The van der Waals surface area contributed by atoms with E-state index >= 15 is 0 Å². The Morgan fingerprint density at radius 2 is 1.68 bits per heavy atom. The number of quaternary nitrogens is 1. The number of piperidine rings is 1. The molecule has 4 fully saturated rings. The van der Waals surface area contributed by atoms with Crippen LogP contribution in [0.1, 0.15) is 53.9 Å². The lowest BCUT2D eigenvalue weighted by Crippen LogP contribution is -2.73. The predicted octanol–water partition coefficient (Wildman–Crippen LogP) is 2.19. The van der Waals surface area contributed by atoms with Gasteiger partial charge >= 0.3 is 5.72 Å². The van der Waals surface area contributed by atoms with Gasteiger partial charge in [-0.3, -0.25) is 9.28 Å². The molecule has 22 heavy (non-hydrogen) atoms. The van der Waals surface area contributed by atoms with Gasteiger partial charge in [0, 0.05) is 26.4 Å². The molecule has 5 nitrogen and oxygen atoms in total. The average Bonchev–Trinajstić information content (AvgIpc) is 3.24. The van der Waals surface area contributed by atoms with Crippen molar-refractivity contribution in [1.29, 1.82) is 0 Å². The van der Waals surface area contributed by atoms with Gasteiger partial charge in [-0.1, -0.05) is 0 Å². The molecule has 3 saturated heterocycles. The molecule has 0 N–H and O–H groups in total. The van der Waals surface area contributed by atoms with Crippen molar-refractivity contribution in [3.05, 3.63) is 0 Å². The largest absolute Gasteiger partial charge is 0.381 e. The fourth-order valence-corrected chi connectivity index (χ4v) is 6.21. The molecule has 5 heteroatoms. The molecule has 4 aliphatic rings. The van der Waals surface area contributed by atoms with E-state index in [9.17, 15) is 4.79 Å². The number of ether oxygens (including phenoxy) is 1. The van der Waals surface area contributed by atoms with Crippen LogP contribution in [-0.2, 0) is 19.3 Å². The minimum Gasteiger partial charge on any atom is -0.381 e. The van der Waals surface area contributed by atoms with Gasteiger partial charge in [0.2, 0.25) is 5.60 Å². The van der Waals surface area contributed by atoms with Gasteiger partial charge in [-0.05, 0) is 34.6 Å². The second-order valence-corrected chi connectivity index (χ2v) is 9.07. The van der Waals surface area contributed by atoms with Crippen molar-refractivity contribution in [2.24, 2.45) is 5.92 Å². The van der Waals surface area contributed by atoms with Gasteiger partial charge in [0.25, 0.3) is 0 Å². The Kier molecular flexibility index (Phi) is 2.58. The number of Topliss-reactive ketones (excluding diaryl/α,β-unsaturated/α-hetero) is 1. The number of ketones is 1. The molecule has 0 radical (unpaired) electrons. The number of nitrogens with zero attached hydrogens (tertiary/aromatic N) is 1. The van der Waals surface area contributed by atoms with E-state index in [0.717, 1.165) is 30.3 Å². The van der Waals surface area contributed by atoms with E-state index in [4.69, 9.17) is 14.5 Å². The van der Waals surface area contributed by atoms with Crippen LogP contribution in [0.4, 0.5) is 0 Å².